The number of benzene rings is 1. The number of hydrogen-bond acceptors (Lipinski definition) is 5. The molecule has 0 radical (unpaired) electrons. The molecular formula is C20H25NO4. The maximum atomic E-state index is 12.0. The van der Waals surface area contributed by atoms with E-state index >= 15 is 0 Å². The maximum Gasteiger partial charge on any atom is 0.336 e. The second-order valence-corrected chi connectivity index (χ2v) is 6.85. The first-order chi connectivity index (χ1) is 12.0. The number of likely N-dealkylation sites (tertiary alicyclic amines) is 1. The number of esters is 1. The van der Waals surface area contributed by atoms with Gasteiger partial charge < -0.3 is 9.15 Å². The van der Waals surface area contributed by atoms with Crippen molar-refractivity contribution >= 4 is 16.9 Å². The average Bonchev–Trinajstić information content (AvgIpc) is 2.57. The third-order valence-electron chi connectivity index (χ3n) is 4.96. The second kappa shape index (κ2) is 7.40. The standard InChI is InChI=1S/C20H25NO4/c1-4-24-20(23)15-6-5-7-21(11-15)12-16-10-19(22)25-18-9-14(3)13(2)8-17(16)18/h8-10,15H,4-7,11-12H2,1-3H3. The molecule has 134 valence electrons. The molecule has 1 atom stereocenters. The fraction of sp³-hybridized carbons (Fsp3) is 0.500. The van der Waals surface area contributed by atoms with Crippen LogP contribution in [0.1, 0.15) is 36.5 Å². The van der Waals surface area contributed by atoms with Crippen molar-refractivity contribution in [2.24, 2.45) is 5.92 Å². The van der Waals surface area contributed by atoms with Crippen LogP contribution in [0, 0.1) is 19.8 Å². The van der Waals surface area contributed by atoms with E-state index in [2.05, 4.69) is 17.9 Å². The van der Waals surface area contributed by atoms with Gasteiger partial charge in [-0.3, -0.25) is 9.69 Å². The van der Waals surface area contributed by atoms with E-state index in [9.17, 15) is 9.59 Å². The van der Waals surface area contributed by atoms with Gasteiger partial charge in [0.15, 0.2) is 0 Å². The largest absolute Gasteiger partial charge is 0.466 e. The van der Waals surface area contributed by atoms with Crippen LogP contribution in [-0.4, -0.2) is 30.6 Å². The quantitative estimate of drug-likeness (QED) is 0.630. The van der Waals surface area contributed by atoms with Gasteiger partial charge in [0, 0.05) is 24.5 Å². The molecule has 1 aliphatic heterocycles. The molecule has 5 heteroatoms. The van der Waals surface area contributed by atoms with Crippen molar-refractivity contribution in [3.63, 3.8) is 0 Å². The third kappa shape index (κ3) is 3.93. The van der Waals surface area contributed by atoms with E-state index in [0.717, 1.165) is 35.9 Å². The van der Waals surface area contributed by atoms with Crippen LogP contribution in [0.25, 0.3) is 11.0 Å². The van der Waals surface area contributed by atoms with Gasteiger partial charge in [0.2, 0.25) is 0 Å². The van der Waals surface area contributed by atoms with Crippen molar-refractivity contribution in [3.05, 3.63) is 45.3 Å². The highest BCUT2D eigenvalue weighted by Gasteiger charge is 2.27. The molecule has 0 bridgehead atoms. The van der Waals surface area contributed by atoms with Crippen LogP contribution in [-0.2, 0) is 16.1 Å². The summed E-state index contributed by atoms with van der Waals surface area (Å²) >= 11 is 0. The Morgan fingerprint density at radius 3 is 2.80 bits per heavy atom. The van der Waals surface area contributed by atoms with E-state index in [1.165, 1.54) is 5.56 Å². The highest BCUT2D eigenvalue weighted by Crippen LogP contribution is 2.25. The summed E-state index contributed by atoms with van der Waals surface area (Å²) in [5.74, 6) is -0.194. The van der Waals surface area contributed by atoms with Gasteiger partial charge in [-0.25, -0.2) is 4.79 Å². The lowest BCUT2D eigenvalue weighted by Gasteiger charge is -2.31. The fourth-order valence-electron chi connectivity index (χ4n) is 3.51. The Morgan fingerprint density at radius 2 is 2.04 bits per heavy atom. The molecule has 0 saturated carbocycles. The summed E-state index contributed by atoms with van der Waals surface area (Å²) < 4.78 is 10.5. The van der Waals surface area contributed by atoms with E-state index in [-0.39, 0.29) is 17.5 Å². The van der Waals surface area contributed by atoms with E-state index in [1.807, 2.05) is 19.9 Å². The molecule has 0 N–H and O–H groups in total. The van der Waals surface area contributed by atoms with Crippen LogP contribution in [0.5, 0.6) is 0 Å². The number of aryl methyl sites for hydroxylation is 2. The summed E-state index contributed by atoms with van der Waals surface area (Å²) in [5, 5.41) is 0.973. The second-order valence-electron chi connectivity index (χ2n) is 6.85. The lowest BCUT2D eigenvalue weighted by Crippen LogP contribution is -2.39. The maximum absolute atomic E-state index is 12.0. The Labute approximate surface area is 147 Å². The molecule has 1 unspecified atom stereocenters. The van der Waals surface area contributed by atoms with Gasteiger partial charge in [-0.15, -0.1) is 0 Å². The van der Waals surface area contributed by atoms with Gasteiger partial charge in [0.05, 0.1) is 12.5 Å². The van der Waals surface area contributed by atoms with Crippen molar-refractivity contribution in [3.8, 4) is 0 Å². The molecule has 1 fully saturated rings. The Morgan fingerprint density at radius 1 is 1.28 bits per heavy atom. The molecule has 1 saturated heterocycles. The fourth-order valence-corrected chi connectivity index (χ4v) is 3.51. The lowest BCUT2D eigenvalue weighted by molar-refractivity contribution is -0.150. The van der Waals surface area contributed by atoms with Gasteiger partial charge >= 0.3 is 11.6 Å². The number of fused-ring (bicyclic) bond motifs is 1. The zero-order valence-corrected chi connectivity index (χ0v) is 15.1. The van der Waals surface area contributed by atoms with Crippen molar-refractivity contribution in [1.29, 1.82) is 0 Å². The van der Waals surface area contributed by atoms with E-state index in [1.54, 1.807) is 6.07 Å². The number of piperidine rings is 1. The number of nitrogens with zero attached hydrogens (tertiary/aromatic N) is 1. The molecule has 0 spiro atoms. The van der Waals surface area contributed by atoms with Crippen LogP contribution in [0.3, 0.4) is 0 Å². The molecule has 1 aromatic heterocycles. The molecular weight excluding hydrogens is 318 g/mol. The first kappa shape index (κ1) is 17.7. The first-order valence-electron chi connectivity index (χ1n) is 8.91. The molecule has 0 amide bonds. The van der Waals surface area contributed by atoms with Crippen LogP contribution < -0.4 is 5.63 Å². The summed E-state index contributed by atoms with van der Waals surface area (Å²) in [7, 11) is 0. The summed E-state index contributed by atoms with van der Waals surface area (Å²) in [6.45, 7) is 8.54. The summed E-state index contributed by atoms with van der Waals surface area (Å²) in [6, 6.07) is 5.58. The Kier molecular flexibility index (Phi) is 5.23. The number of hydrogen-bond donors (Lipinski definition) is 0. The predicted octanol–water partition coefficient (Wildman–Crippen LogP) is 3.18. The van der Waals surface area contributed by atoms with Crippen molar-refractivity contribution < 1.29 is 13.9 Å². The Bertz CT molecular complexity index is 839. The summed E-state index contributed by atoms with van der Waals surface area (Å²) in [4.78, 5) is 26.2. The first-order valence-corrected chi connectivity index (χ1v) is 8.91. The molecule has 0 aliphatic carbocycles. The average molecular weight is 343 g/mol. The summed E-state index contributed by atoms with van der Waals surface area (Å²) in [5.41, 5.74) is 3.53. The van der Waals surface area contributed by atoms with Gasteiger partial charge in [0.25, 0.3) is 0 Å². The van der Waals surface area contributed by atoms with E-state index in [0.29, 0.717) is 25.3 Å². The van der Waals surface area contributed by atoms with Crippen molar-refractivity contribution in [2.45, 2.75) is 40.2 Å². The molecule has 1 aliphatic rings. The minimum atomic E-state index is -0.329. The minimum absolute atomic E-state index is 0.0796. The Hall–Kier alpha value is -2.14. The van der Waals surface area contributed by atoms with Gasteiger partial charge in [-0.2, -0.15) is 0 Å². The molecule has 3 rings (SSSR count). The minimum Gasteiger partial charge on any atom is -0.466 e. The number of carbonyl (C=O) groups excluding carboxylic acids is 1. The zero-order valence-electron chi connectivity index (χ0n) is 15.1. The topological polar surface area (TPSA) is 59.8 Å². The highest BCUT2D eigenvalue weighted by molar-refractivity contribution is 5.81. The van der Waals surface area contributed by atoms with Gasteiger partial charge in [-0.05, 0) is 69.0 Å². The van der Waals surface area contributed by atoms with Crippen LogP contribution in [0.2, 0.25) is 0 Å². The molecule has 2 aromatic rings. The Balaban J connectivity index is 1.86. The monoisotopic (exact) mass is 343 g/mol. The van der Waals surface area contributed by atoms with E-state index < -0.39 is 0 Å². The van der Waals surface area contributed by atoms with Crippen LogP contribution in [0.15, 0.2) is 27.4 Å². The normalized spacial score (nSPS) is 18.4. The molecule has 5 nitrogen and oxygen atoms in total. The molecule has 2 heterocycles. The SMILES string of the molecule is CCOC(=O)C1CCCN(Cc2cc(=O)oc3cc(C)c(C)cc23)C1. The highest BCUT2D eigenvalue weighted by atomic mass is 16.5. The van der Waals surface area contributed by atoms with Crippen LogP contribution >= 0.6 is 0 Å². The molecule has 1 aromatic carbocycles. The zero-order chi connectivity index (χ0) is 18.0. The van der Waals surface area contributed by atoms with Gasteiger partial charge in [0.1, 0.15) is 5.58 Å². The smallest absolute Gasteiger partial charge is 0.336 e. The lowest BCUT2D eigenvalue weighted by atomic mass is 9.97. The molecule has 25 heavy (non-hydrogen) atoms. The van der Waals surface area contributed by atoms with Gasteiger partial charge in [-0.1, -0.05) is 0 Å². The van der Waals surface area contributed by atoms with Crippen molar-refractivity contribution in [2.75, 3.05) is 19.7 Å². The van der Waals surface area contributed by atoms with Crippen LogP contribution in [0.4, 0.5) is 0 Å². The third-order valence-corrected chi connectivity index (χ3v) is 4.96. The number of carbonyl (C=O) groups is 1. The van der Waals surface area contributed by atoms with E-state index in [4.69, 9.17) is 9.15 Å². The number of rotatable bonds is 4. The summed E-state index contributed by atoms with van der Waals surface area (Å²) in [6.07, 6.45) is 1.83. The predicted molar refractivity (Wildman–Crippen MR) is 96.6 cm³/mol. The van der Waals surface area contributed by atoms with Crippen molar-refractivity contribution in [1.82, 2.24) is 4.90 Å². The number of ether oxygens (including phenoxy) is 1.